The van der Waals surface area contributed by atoms with Gasteiger partial charge in [0, 0.05) is 19.2 Å². The van der Waals surface area contributed by atoms with E-state index in [0.717, 1.165) is 6.07 Å². The van der Waals surface area contributed by atoms with Crippen LogP contribution < -0.4 is 4.74 Å². The lowest BCUT2D eigenvalue weighted by Crippen LogP contribution is -2.45. The molecule has 0 radical (unpaired) electrons. The third kappa shape index (κ3) is 5.18. The summed E-state index contributed by atoms with van der Waals surface area (Å²) < 4.78 is 29.0. The van der Waals surface area contributed by atoms with E-state index in [1.807, 2.05) is 0 Å². The highest BCUT2D eigenvalue weighted by Crippen LogP contribution is 2.21. The van der Waals surface area contributed by atoms with Crippen molar-refractivity contribution in [1.29, 1.82) is 0 Å². The maximum atomic E-state index is 14.0. The Balaban J connectivity index is 1.90. The molecule has 27 heavy (non-hydrogen) atoms. The topological polar surface area (TPSA) is 82.1 Å². The van der Waals surface area contributed by atoms with Gasteiger partial charge >= 0.3 is 11.9 Å². The summed E-state index contributed by atoms with van der Waals surface area (Å²) in [6.45, 7) is 4.27. The van der Waals surface area contributed by atoms with E-state index in [1.165, 1.54) is 31.1 Å². The number of esters is 2. The van der Waals surface area contributed by atoms with Crippen molar-refractivity contribution in [3.05, 3.63) is 29.6 Å². The van der Waals surface area contributed by atoms with Crippen LogP contribution in [0.3, 0.4) is 0 Å². The summed E-state index contributed by atoms with van der Waals surface area (Å²) in [4.78, 5) is 37.9. The highest BCUT2D eigenvalue weighted by molar-refractivity contribution is 5.92. The molecule has 1 saturated heterocycles. The lowest BCUT2D eigenvalue weighted by atomic mass is 9.97. The van der Waals surface area contributed by atoms with E-state index < -0.39 is 17.9 Å². The molecular weight excluding hydrogens is 357 g/mol. The molecule has 7 nitrogen and oxygen atoms in total. The van der Waals surface area contributed by atoms with Crippen molar-refractivity contribution < 1.29 is 33.0 Å². The van der Waals surface area contributed by atoms with Crippen LogP contribution in [0.25, 0.3) is 0 Å². The van der Waals surface area contributed by atoms with Crippen LogP contribution in [0, 0.1) is 11.7 Å². The molecule has 1 aliphatic rings. The van der Waals surface area contributed by atoms with Gasteiger partial charge in [-0.15, -0.1) is 0 Å². The van der Waals surface area contributed by atoms with Crippen LogP contribution in [0.15, 0.2) is 18.2 Å². The zero-order valence-corrected chi connectivity index (χ0v) is 15.7. The van der Waals surface area contributed by atoms with Gasteiger partial charge in [-0.05, 0) is 38.8 Å². The Labute approximate surface area is 157 Å². The van der Waals surface area contributed by atoms with Gasteiger partial charge in [0.25, 0.3) is 5.91 Å². The Bertz CT molecular complexity index is 699. The fourth-order valence-corrected chi connectivity index (χ4v) is 2.92. The van der Waals surface area contributed by atoms with Gasteiger partial charge in [-0.3, -0.25) is 9.59 Å². The van der Waals surface area contributed by atoms with Crippen LogP contribution in [-0.4, -0.2) is 55.7 Å². The number of carbonyl (C=O) groups excluding carboxylic acids is 3. The van der Waals surface area contributed by atoms with E-state index in [-0.39, 0.29) is 29.1 Å². The first-order valence-electron chi connectivity index (χ1n) is 8.87. The molecule has 1 amide bonds. The third-order valence-corrected chi connectivity index (χ3v) is 4.45. The SMILES string of the molecule is CCOC(=O)C1CCN(C(=O)C(C)OC(=O)c2ccc(OC)cc2F)CC1. The number of benzene rings is 1. The minimum Gasteiger partial charge on any atom is -0.497 e. The van der Waals surface area contributed by atoms with E-state index in [1.54, 1.807) is 6.92 Å². The molecule has 1 heterocycles. The van der Waals surface area contributed by atoms with Crippen LogP contribution in [0.5, 0.6) is 5.75 Å². The summed E-state index contributed by atoms with van der Waals surface area (Å²) in [7, 11) is 1.39. The highest BCUT2D eigenvalue weighted by Gasteiger charge is 2.31. The Morgan fingerprint density at radius 3 is 2.48 bits per heavy atom. The molecule has 0 bridgehead atoms. The maximum Gasteiger partial charge on any atom is 0.341 e. The molecule has 148 valence electrons. The van der Waals surface area contributed by atoms with Gasteiger partial charge < -0.3 is 19.1 Å². The average Bonchev–Trinajstić information content (AvgIpc) is 2.67. The number of carbonyl (C=O) groups is 3. The van der Waals surface area contributed by atoms with E-state index in [0.29, 0.717) is 32.5 Å². The molecule has 1 atom stereocenters. The van der Waals surface area contributed by atoms with Gasteiger partial charge in [-0.1, -0.05) is 0 Å². The van der Waals surface area contributed by atoms with Crippen molar-refractivity contribution in [3.63, 3.8) is 0 Å². The normalized spacial score (nSPS) is 15.8. The summed E-state index contributed by atoms with van der Waals surface area (Å²) in [5, 5.41) is 0. The smallest absolute Gasteiger partial charge is 0.341 e. The minimum atomic E-state index is -1.06. The lowest BCUT2D eigenvalue weighted by Gasteiger charge is -2.32. The number of ether oxygens (including phenoxy) is 3. The molecule has 0 saturated carbocycles. The number of piperidine rings is 1. The summed E-state index contributed by atoms with van der Waals surface area (Å²) in [5.74, 6) is -2.27. The molecule has 0 aromatic heterocycles. The second-order valence-electron chi connectivity index (χ2n) is 6.24. The highest BCUT2D eigenvalue weighted by atomic mass is 19.1. The average molecular weight is 381 g/mol. The lowest BCUT2D eigenvalue weighted by molar-refractivity contribution is -0.152. The predicted octanol–water partition coefficient (Wildman–Crippen LogP) is 2.18. The van der Waals surface area contributed by atoms with Gasteiger partial charge in [-0.25, -0.2) is 9.18 Å². The zero-order valence-electron chi connectivity index (χ0n) is 15.7. The molecule has 8 heteroatoms. The molecule has 0 aliphatic carbocycles. The summed E-state index contributed by atoms with van der Waals surface area (Å²) >= 11 is 0. The molecule has 0 spiro atoms. The van der Waals surface area contributed by atoms with Crippen molar-refractivity contribution in [2.24, 2.45) is 5.92 Å². The number of methoxy groups -OCH3 is 1. The van der Waals surface area contributed by atoms with E-state index in [2.05, 4.69) is 0 Å². The van der Waals surface area contributed by atoms with Crippen molar-refractivity contribution in [3.8, 4) is 5.75 Å². The number of likely N-dealkylation sites (tertiary alicyclic amines) is 1. The molecule has 1 fully saturated rings. The monoisotopic (exact) mass is 381 g/mol. The number of amides is 1. The van der Waals surface area contributed by atoms with Crippen molar-refractivity contribution in [2.75, 3.05) is 26.8 Å². The van der Waals surface area contributed by atoms with Crippen molar-refractivity contribution >= 4 is 17.8 Å². The third-order valence-electron chi connectivity index (χ3n) is 4.45. The number of halogens is 1. The molecule has 1 unspecified atom stereocenters. The summed E-state index contributed by atoms with van der Waals surface area (Å²) in [5.41, 5.74) is -0.267. The standard InChI is InChI=1S/C19H24FNO6/c1-4-26-18(23)13-7-9-21(10-8-13)17(22)12(2)27-19(24)15-6-5-14(25-3)11-16(15)20/h5-6,11-13H,4,7-10H2,1-3H3. The van der Waals surface area contributed by atoms with Gasteiger partial charge in [0.15, 0.2) is 6.10 Å². The second-order valence-corrected chi connectivity index (χ2v) is 6.24. The number of hydrogen-bond donors (Lipinski definition) is 0. The van der Waals surface area contributed by atoms with Gasteiger partial charge in [0.1, 0.15) is 11.6 Å². The van der Waals surface area contributed by atoms with Crippen LogP contribution in [0.1, 0.15) is 37.0 Å². The first-order chi connectivity index (χ1) is 12.9. The van der Waals surface area contributed by atoms with E-state index >= 15 is 0 Å². The summed E-state index contributed by atoms with van der Waals surface area (Å²) in [6, 6.07) is 3.76. The Morgan fingerprint density at radius 2 is 1.93 bits per heavy atom. The Morgan fingerprint density at radius 1 is 1.26 bits per heavy atom. The van der Waals surface area contributed by atoms with Crippen LogP contribution in [-0.2, 0) is 19.1 Å². The molecule has 2 rings (SSSR count). The maximum absolute atomic E-state index is 14.0. The molecule has 1 aromatic carbocycles. The summed E-state index contributed by atoms with van der Waals surface area (Å²) in [6.07, 6.45) is -0.0606. The fraction of sp³-hybridized carbons (Fsp3) is 0.526. The zero-order chi connectivity index (χ0) is 20.0. The van der Waals surface area contributed by atoms with Gasteiger partial charge in [-0.2, -0.15) is 0 Å². The molecule has 0 N–H and O–H groups in total. The number of hydrogen-bond acceptors (Lipinski definition) is 6. The number of rotatable bonds is 6. The Kier molecular flexibility index (Phi) is 7.15. The van der Waals surface area contributed by atoms with Gasteiger partial charge in [0.2, 0.25) is 0 Å². The molecule has 1 aromatic rings. The van der Waals surface area contributed by atoms with Crippen LogP contribution >= 0.6 is 0 Å². The molecular formula is C19H24FNO6. The first-order valence-corrected chi connectivity index (χ1v) is 8.87. The van der Waals surface area contributed by atoms with Crippen LogP contribution in [0.4, 0.5) is 4.39 Å². The van der Waals surface area contributed by atoms with E-state index in [9.17, 15) is 18.8 Å². The predicted molar refractivity (Wildman–Crippen MR) is 93.8 cm³/mol. The fourth-order valence-electron chi connectivity index (χ4n) is 2.92. The number of nitrogens with zero attached hydrogens (tertiary/aromatic N) is 1. The van der Waals surface area contributed by atoms with E-state index in [4.69, 9.17) is 14.2 Å². The second kappa shape index (κ2) is 9.34. The van der Waals surface area contributed by atoms with Crippen molar-refractivity contribution in [1.82, 2.24) is 4.90 Å². The molecule has 1 aliphatic heterocycles. The van der Waals surface area contributed by atoms with Crippen molar-refractivity contribution in [2.45, 2.75) is 32.8 Å². The largest absolute Gasteiger partial charge is 0.497 e. The van der Waals surface area contributed by atoms with Crippen LogP contribution in [0.2, 0.25) is 0 Å². The minimum absolute atomic E-state index is 0.222. The Hall–Kier alpha value is -2.64. The quantitative estimate of drug-likeness (QED) is 0.703. The first kappa shape index (κ1) is 20.7. The van der Waals surface area contributed by atoms with Gasteiger partial charge in [0.05, 0.1) is 25.2 Å².